The Morgan fingerprint density at radius 2 is 1.48 bits per heavy atom. The highest BCUT2D eigenvalue weighted by Crippen LogP contribution is 2.45. The summed E-state index contributed by atoms with van der Waals surface area (Å²) in [5.41, 5.74) is 4.96. The van der Waals surface area contributed by atoms with Gasteiger partial charge in [-0.3, -0.25) is 0 Å². The van der Waals surface area contributed by atoms with Gasteiger partial charge in [0, 0.05) is 12.2 Å². The van der Waals surface area contributed by atoms with Crippen LogP contribution in [-0.2, 0) is 5.41 Å². The average molecular weight is 372 g/mol. The standard InChI is InChI=1S/C26H45N/c1-4-6-8-9-10-15-21-27-24-16-17-25(23(3)22-24)26(18-12-7-5-2)19-13-11-14-20-26/h16-17,22,27H,4-15,18-21H2,1-3H3. The molecule has 1 N–H and O–H groups in total. The molecule has 1 saturated carbocycles. The zero-order valence-corrected chi connectivity index (χ0v) is 18.5. The van der Waals surface area contributed by atoms with Crippen LogP contribution < -0.4 is 5.32 Å². The quantitative estimate of drug-likeness (QED) is 0.342. The van der Waals surface area contributed by atoms with E-state index in [0.29, 0.717) is 5.41 Å². The molecule has 0 aromatic heterocycles. The molecule has 0 atom stereocenters. The second-order valence-corrected chi connectivity index (χ2v) is 9.02. The highest BCUT2D eigenvalue weighted by Gasteiger charge is 2.34. The summed E-state index contributed by atoms with van der Waals surface area (Å²) in [5.74, 6) is 0. The van der Waals surface area contributed by atoms with Crippen LogP contribution in [0.1, 0.15) is 121 Å². The van der Waals surface area contributed by atoms with Crippen molar-refractivity contribution in [1.82, 2.24) is 0 Å². The van der Waals surface area contributed by atoms with Crippen molar-refractivity contribution >= 4 is 5.69 Å². The molecule has 1 aromatic carbocycles. The first kappa shape index (κ1) is 22.3. The molecule has 1 aromatic rings. The Kier molecular flexibility index (Phi) is 10.3. The van der Waals surface area contributed by atoms with Crippen LogP contribution in [0.3, 0.4) is 0 Å². The number of hydrogen-bond donors (Lipinski definition) is 1. The highest BCUT2D eigenvalue weighted by molar-refractivity contribution is 5.50. The van der Waals surface area contributed by atoms with Crippen molar-refractivity contribution in [3.05, 3.63) is 29.3 Å². The second-order valence-electron chi connectivity index (χ2n) is 9.02. The van der Waals surface area contributed by atoms with Gasteiger partial charge in [0.05, 0.1) is 0 Å². The van der Waals surface area contributed by atoms with Crippen LogP contribution in [0.5, 0.6) is 0 Å². The Labute approximate surface area is 169 Å². The van der Waals surface area contributed by atoms with Crippen LogP contribution in [-0.4, -0.2) is 6.54 Å². The Bertz CT molecular complexity index is 513. The SMILES string of the molecule is CCCCCCCCNc1ccc(C2(CCCCC)CCCCC2)c(C)c1. The first-order valence-corrected chi connectivity index (χ1v) is 12.1. The molecule has 1 aliphatic carbocycles. The van der Waals surface area contributed by atoms with Crippen LogP contribution in [0.25, 0.3) is 0 Å². The van der Waals surface area contributed by atoms with Gasteiger partial charge < -0.3 is 5.32 Å². The van der Waals surface area contributed by atoms with Gasteiger partial charge in [0.15, 0.2) is 0 Å². The van der Waals surface area contributed by atoms with Crippen molar-refractivity contribution in [3.8, 4) is 0 Å². The summed E-state index contributed by atoms with van der Waals surface area (Å²) in [6.45, 7) is 8.08. The molecule has 0 unspecified atom stereocenters. The molecule has 1 heteroatoms. The fourth-order valence-corrected chi connectivity index (χ4v) is 5.10. The third kappa shape index (κ3) is 7.16. The predicted octanol–water partition coefficient (Wildman–Crippen LogP) is 8.55. The summed E-state index contributed by atoms with van der Waals surface area (Å²) < 4.78 is 0. The number of anilines is 1. The van der Waals surface area contributed by atoms with E-state index in [-0.39, 0.29) is 0 Å². The van der Waals surface area contributed by atoms with Crippen molar-refractivity contribution in [3.63, 3.8) is 0 Å². The van der Waals surface area contributed by atoms with Gasteiger partial charge in [-0.05, 0) is 61.3 Å². The number of nitrogens with one attached hydrogen (secondary N) is 1. The van der Waals surface area contributed by atoms with E-state index >= 15 is 0 Å². The van der Waals surface area contributed by atoms with Crippen molar-refractivity contribution in [2.24, 2.45) is 0 Å². The number of hydrogen-bond acceptors (Lipinski definition) is 1. The minimum atomic E-state index is 0.468. The third-order valence-electron chi connectivity index (χ3n) is 6.73. The fourth-order valence-electron chi connectivity index (χ4n) is 5.10. The van der Waals surface area contributed by atoms with Crippen LogP contribution in [0, 0.1) is 6.92 Å². The summed E-state index contributed by atoms with van der Waals surface area (Å²) in [6.07, 6.45) is 20.8. The number of unbranched alkanes of at least 4 members (excludes halogenated alkanes) is 7. The fraction of sp³-hybridized carbons (Fsp3) is 0.769. The maximum absolute atomic E-state index is 3.67. The van der Waals surface area contributed by atoms with Crippen LogP contribution >= 0.6 is 0 Å². The van der Waals surface area contributed by atoms with Gasteiger partial charge in [-0.15, -0.1) is 0 Å². The molecule has 0 bridgehead atoms. The van der Waals surface area contributed by atoms with E-state index in [1.54, 1.807) is 5.56 Å². The molecule has 0 heterocycles. The van der Waals surface area contributed by atoms with E-state index in [2.05, 4.69) is 44.3 Å². The lowest BCUT2D eigenvalue weighted by molar-refractivity contribution is 0.265. The van der Waals surface area contributed by atoms with Crippen LogP contribution in [0.2, 0.25) is 0 Å². The molecule has 1 fully saturated rings. The van der Waals surface area contributed by atoms with E-state index in [9.17, 15) is 0 Å². The lowest BCUT2D eigenvalue weighted by Gasteiger charge is -2.39. The Hall–Kier alpha value is -0.980. The van der Waals surface area contributed by atoms with Crippen LogP contribution in [0.4, 0.5) is 5.69 Å². The highest BCUT2D eigenvalue weighted by atomic mass is 14.9. The lowest BCUT2D eigenvalue weighted by Crippen LogP contribution is -2.30. The van der Waals surface area contributed by atoms with Gasteiger partial charge in [0.25, 0.3) is 0 Å². The minimum Gasteiger partial charge on any atom is -0.385 e. The Morgan fingerprint density at radius 1 is 0.815 bits per heavy atom. The Balaban J connectivity index is 1.91. The maximum Gasteiger partial charge on any atom is 0.0343 e. The lowest BCUT2D eigenvalue weighted by atomic mass is 9.65. The van der Waals surface area contributed by atoms with Gasteiger partial charge in [0.1, 0.15) is 0 Å². The summed E-state index contributed by atoms with van der Waals surface area (Å²) in [4.78, 5) is 0. The van der Waals surface area contributed by atoms with Gasteiger partial charge in [-0.2, -0.15) is 0 Å². The zero-order valence-electron chi connectivity index (χ0n) is 18.5. The minimum absolute atomic E-state index is 0.468. The van der Waals surface area contributed by atoms with E-state index in [1.807, 2.05) is 0 Å². The van der Waals surface area contributed by atoms with Crippen molar-refractivity contribution in [2.45, 2.75) is 122 Å². The average Bonchev–Trinajstić information content (AvgIpc) is 2.68. The number of aryl methyl sites for hydroxylation is 1. The summed E-state index contributed by atoms with van der Waals surface area (Å²) in [7, 11) is 0. The normalized spacial score (nSPS) is 16.4. The molecule has 1 aliphatic rings. The molecule has 2 rings (SSSR count). The second kappa shape index (κ2) is 12.5. The van der Waals surface area contributed by atoms with E-state index < -0.39 is 0 Å². The van der Waals surface area contributed by atoms with E-state index in [1.165, 1.54) is 108 Å². The van der Waals surface area contributed by atoms with Gasteiger partial charge in [-0.25, -0.2) is 0 Å². The summed E-state index contributed by atoms with van der Waals surface area (Å²) in [5, 5.41) is 3.67. The first-order chi connectivity index (χ1) is 13.2. The third-order valence-corrected chi connectivity index (χ3v) is 6.73. The smallest absolute Gasteiger partial charge is 0.0343 e. The van der Waals surface area contributed by atoms with Gasteiger partial charge >= 0.3 is 0 Å². The molecular weight excluding hydrogens is 326 g/mol. The largest absolute Gasteiger partial charge is 0.385 e. The molecular formula is C26H45N. The van der Waals surface area contributed by atoms with E-state index in [4.69, 9.17) is 0 Å². The molecule has 0 amide bonds. The van der Waals surface area contributed by atoms with E-state index in [0.717, 1.165) is 6.54 Å². The summed E-state index contributed by atoms with van der Waals surface area (Å²) >= 11 is 0. The number of rotatable bonds is 13. The molecule has 1 nitrogen and oxygen atoms in total. The maximum atomic E-state index is 3.67. The van der Waals surface area contributed by atoms with Gasteiger partial charge in [-0.1, -0.05) is 90.5 Å². The molecule has 0 saturated heterocycles. The van der Waals surface area contributed by atoms with Gasteiger partial charge in [0.2, 0.25) is 0 Å². The van der Waals surface area contributed by atoms with Crippen molar-refractivity contribution < 1.29 is 0 Å². The summed E-state index contributed by atoms with van der Waals surface area (Å²) in [6, 6.07) is 7.24. The molecule has 0 aliphatic heterocycles. The van der Waals surface area contributed by atoms with Crippen LogP contribution in [0.15, 0.2) is 18.2 Å². The Morgan fingerprint density at radius 3 is 2.19 bits per heavy atom. The molecule has 0 radical (unpaired) electrons. The molecule has 0 spiro atoms. The predicted molar refractivity (Wildman–Crippen MR) is 122 cm³/mol. The zero-order chi connectivity index (χ0) is 19.4. The van der Waals surface area contributed by atoms with Crippen molar-refractivity contribution in [2.75, 3.05) is 11.9 Å². The first-order valence-electron chi connectivity index (χ1n) is 12.1. The number of benzene rings is 1. The monoisotopic (exact) mass is 371 g/mol. The molecule has 154 valence electrons. The van der Waals surface area contributed by atoms with Crippen molar-refractivity contribution in [1.29, 1.82) is 0 Å². The topological polar surface area (TPSA) is 12.0 Å². The molecule has 27 heavy (non-hydrogen) atoms.